The second-order valence-corrected chi connectivity index (χ2v) is 15.0. The monoisotopic (exact) mass is 334 g/mol. The third kappa shape index (κ3) is 6.75. The minimum Gasteiger partial charge on any atom is -0.481 e. The smallest absolute Gasteiger partial charge is 0.303 e. The first-order valence-corrected chi connectivity index (χ1v) is 13.0. The van der Waals surface area contributed by atoms with Gasteiger partial charge >= 0.3 is 11.9 Å². The van der Waals surface area contributed by atoms with E-state index in [2.05, 4.69) is 20.8 Å². The summed E-state index contributed by atoms with van der Waals surface area (Å²) in [5, 5.41) is 18.0. The van der Waals surface area contributed by atoms with E-state index < -0.39 is 28.6 Å². The molecule has 0 rings (SSSR count). The molecule has 0 radical (unpaired) electrons. The molecule has 0 atom stereocenters. The van der Waals surface area contributed by atoms with Gasteiger partial charge < -0.3 is 14.3 Å². The largest absolute Gasteiger partial charge is 0.481 e. The summed E-state index contributed by atoms with van der Waals surface area (Å²) in [4.78, 5) is 21.9. The van der Waals surface area contributed by atoms with E-state index in [-0.39, 0.29) is 12.8 Å². The Morgan fingerprint density at radius 3 is 1.33 bits per heavy atom. The Kier molecular flexibility index (Phi) is 9.07. The van der Waals surface area contributed by atoms with Crippen molar-refractivity contribution < 1.29 is 23.9 Å². The maximum atomic E-state index is 10.9. The number of carbonyl (C=O) groups is 2. The molecule has 7 heteroatoms. The van der Waals surface area contributed by atoms with Crippen molar-refractivity contribution in [1.29, 1.82) is 0 Å². The average molecular weight is 335 g/mol. The van der Waals surface area contributed by atoms with E-state index in [4.69, 9.17) is 14.3 Å². The second-order valence-electron chi connectivity index (χ2n) is 5.67. The Bertz CT molecular complexity index is 316. The third-order valence-electron chi connectivity index (χ3n) is 4.60. The second kappa shape index (κ2) is 9.37. The summed E-state index contributed by atoms with van der Waals surface area (Å²) in [7, 11) is -4.14. The number of hydrogen-bond acceptors (Lipinski definition) is 3. The molecule has 0 saturated heterocycles. The molecule has 0 fully saturated rings. The van der Waals surface area contributed by atoms with E-state index in [1.807, 2.05) is 6.92 Å². The van der Waals surface area contributed by atoms with Crippen LogP contribution in [0.1, 0.15) is 40.5 Å². The molecule has 0 aromatic heterocycles. The van der Waals surface area contributed by atoms with Crippen LogP contribution in [0.25, 0.3) is 0 Å². The van der Waals surface area contributed by atoms with Crippen LogP contribution in [0.4, 0.5) is 0 Å². The SMILES string of the molecule is CC[Si](CC)(CC)O[Si](CC)(CCC(=O)O)CCC(=O)O. The van der Waals surface area contributed by atoms with E-state index in [1.165, 1.54) is 0 Å². The standard InChI is InChI=1S/C14H30O5Si2/c1-5-20(6-2,7-3)19-21(8-4,11-9-13(15)16)12-10-14(17)18/h5-12H2,1-4H3,(H,15,16)(H,17,18). The molecule has 124 valence electrons. The van der Waals surface area contributed by atoms with Crippen molar-refractivity contribution in [2.24, 2.45) is 0 Å². The van der Waals surface area contributed by atoms with Gasteiger partial charge in [-0.25, -0.2) is 0 Å². The maximum absolute atomic E-state index is 10.9. The first-order valence-electron chi connectivity index (χ1n) is 7.92. The number of rotatable bonds is 12. The van der Waals surface area contributed by atoms with Crippen molar-refractivity contribution in [2.75, 3.05) is 0 Å². The van der Waals surface area contributed by atoms with Gasteiger partial charge in [-0.15, -0.1) is 0 Å². The Labute approximate surface area is 130 Å². The van der Waals surface area contributed by atoms with Crippen LogP contribution < -0.4 is 0 Å². The number of carboxylic acid groups (broad SMARTS) is 2. The molecule has 0 aliphatic carbocycles. The van der Waals surface area contributed by atoms with E-state index in [9.17, 15) is 9.59 Å². The first-order chi connectivity index (χ1) is 9.78. The predicted molar refractivity (Wildman–Crippen MR) is 88.6 cm³/mol. The van der Waals surface area contributed by atoms with Crippen molar-refractivity contribution in [3.63, 3.8) is 0 Å². The molecule has 0 bridgehead atoms. The Morgan fingerprint density at radius 2 is 1.10 bits per heavy atom. The van der Waals surface area contributed by atoms with Gasteiger partial charge in [0.25, 0.3) is 0 Å². The van der Waals surface area contributed by atoms with Gasteiger partial charge in [0.15, 0.2) is 16.6 Å². The summed E-state index contributed by atoms with van der Waals surface area (Å²) >= 11 is 0. The summed E-state index contributed by atoms with van der Waals surface area (Å²) in [6, 6.07) is 4.88. The minimum absolute atomic E-state index is 0.0846. The highest BCUT2D eigenvalue weighted by Gasteiger charge is 2.42. The van der Waals surface area contributed by atoms with Gasteiger partial charge in [0.1, 0.15) is 0 Å². The molecule has 21 heavy (non-hydrogen) atoms. The molecule has 2 N–H and O–H groups in total. The van der Waals surface area contributed by atoms with Crippen molar-refractivity contribution in [1.82, 2.24) is 0 Å². The maximum Gasteiger partial charge on any atom is 0.303 e. The fourth-order valence-corrected chi connectivity index (χ4v) is 13.3. The van der Waals surface area contributed by atoms with Crippen molar-refractivity contribution in [3.8, 4) is 0 Å². The van der Waals surface area contributed by atoms with Crippen LogP contribution in [0.2, 0.25) is 36.3 Å². The highest BCUT2D eigenvalue weighted by atomic mass is 28.4. The first kappa shape index (κ1) is 20.3. The summed E-state index contributed by atoms with van der Waals surface area (Å²) in [6.07, 6.45) is 0.169. The zero-order valence-corrected chi connectivity index (χ0v) is 15.8. The molecule has 0 aliphatic heterocycles. The Balaban J connectivity index is 5.22. The lowest BCUT2D eigenvalue weighted by atomic mass is 10.5. The molecule has 0 saturated carbocycles. The van der Waals surface area contributed by atoms with Crippen LogP contribution >= 0.6 is 0 Å². The number of hydrogen-bond donors (Lipinski definition) is 2. The highest BCUT2D eigenvalue weighted by molar-refractivity contribution is 6.87. The summed E-state index contributed by atoms with van der Waals surface area (Å²) < 4.78 is 6.67. The molecule has 0 heterocycles. The van der Waals surface area contributed by atoms with Crippen LogP contribution in [-0.2, 0) is 13.7 Å². The van der Waals surface area contributed by atoms with Crippen LogP contribution in [-0.4, -0.2) is 38.8 Å². The molecule has 0 aromatic carbocycles. The van der Waals surface area contributed by atoms with Crippen molar-refractivity contribution in [3.05, 3.63) is 0 Å². The molecule has 0 aliphatic rings. The quantitative estimate of drug-likeness (QED) is 0.528. The van der Waals surface area contributed by atoms with Crippen LogP contribution in [0.15, 0.2) is 0 Å². The minimum atomic E-state index is -2.29. The lowest BCUT2D eigenvalue weighted by Crippen LogP contribution is -2.50. The van der Waals surface area contributed by atoms with Gasteiger partial charge in [0.05, 0.1) is 0 Å². The van der Waals surface area contributed by atoms with Gasteiger partial charge in [-0.2, -0.15) is 0 Å². The molecule has 0 spiro atoms. The lowest BCUT2D eigenvalue weighted by Gasteiger charge is -2.41. The Hall–Kier alpha value is -0.666. The van der Waals surface area contributed by atoms with E-state index in [1.54, 1.807) is 0 Å². The van der Waals surface area contributed by atoms with Gasteiger partial charge in [-0.3, -0.25) is 9.59 Å². The molecular weight excluding hydrogens is 304 g/mol. The van der Waals surface area contributed by atoms with Gasteiger partial charge in [0.2, 0.25) is 0 Å². The number of aliphatic carboxylic acids is 2. The fourth-order valence-electron chi connectivity index (χ4n) is 2.75. The van der Waals surface area contributed by atoms with E-state index >= 15 is 0 Å². The van der Waals surface area contributed by atoms with E-state index in [0.717, 1.165) is 24.2 Å². The van der Waals surface area contributed by atoms with Crippen LogP contribution in [0, 0.1) is 0 Å². The highest BCUT2D eigenvalue weighted by Crippen LogP contribution is 2.34. The topological polar surface area (TPSA) is 83.8 Å². The summed E-state index contributed by atoms with van der Waals surface area (Å²) in [5.41, 5.74) is 0. The van der Waals surface area contributed by atoms with Crippen molar-refractivity contribution in [2.45, 2.75) is 76.8 Å². The van der Waals surface area contributed by atoms with E-state index in [0.29, 0.717) is 12.1 Å². The van der Waals surface area contributed by atoms with Crippen LogP contribution in [0.5, 0.6) is 0 Å². The average Bonchev–Trinajstić information content (AvgIpc) is 2.47. The lowest BCUT2D eigenvalue weighted by molar-refractivity contribution is -0.137. The molecule has 0 amide bonds. The number of carboxylic acids is 2. The van der Waals surface area contributed by atoms with Crippen molar-refractivity contribution >= 4 is 28.6 Å². The van der Waals surface area contributed by atoms with Crippen LogP contribution in [0.3, 0.4) is 0 Å². The van der Waals surface area contributed by atoms with Gasteiger partial charge in [-0.1, -0.05) is 27.7 Å². The molecule has 0 unspecified atom stereocenters. The predicted octanol–water partition coefficient (Wildman–Crippen LogP) is 3.92. The summed E-state index contributed by atoms with van der Waals surface area (Å²) in [6.45, 7) is 8.45. The normalized spacial score (nSPS) is 12.4. The third-order valence-corrected chi connectivity index (χ3v) is 15.5. The molecule has 5 nitrogen and oxygen atoms in total. The fraction of sp³-hybridized carbons (Fsp3) is 0.857. The molecular formula is C14H30O5Si2. The zero-order valence-electron chi connectivity index (χ0n) is 13.8. The Morgan fingerprint density at radius 1 is 0.762 bits per heavy atom. The molecule has 0 aromatic rings. The zero-order chi connectivity index (χ0) is 16.5. The summed E-state index contributed by atoms with van der Waals surface area (Å²) in [5.74, 6) is -1.65. The van der Waals surface area contributed by atoms with Gasteiger partial charge in [0, 0.05) is 12.8 Å². The van der Waals surface area contributed by atoms with Gasteiger partial charge in [-0.05, 0) is 36.3 Å².